The van der Waals surface area contributed by atoms with Gasteiger partial charge in [-0.3, -0.25) is 0 Å². The average Bonchev–Trinajstić information content (AvgIpc) is 2.65. The molecule has 0 radical (unpaired) electrons. The summed E-state index contributed by atoms with van der Waals surface area (Å²) < 4.78 is 5.55. The number of hydrogen-bond donors (Lipinski definition) is 1. The summed E-state index contributed by atoms with van der Waals surface area (Å²) in [7, 11) is 0. The van der Waals surface area contributed by atoms with Crippen molar-refractivity contribution < 1.29 is 4.42 Å². The van der Waals surface area contributed by atoms with Crippen LogP contribution in [0.15, 0.2) is 16.7 Å². The largest absolute Gasteiger partial charge is 0.467 e. The van der Waals surface area contributed by atoms with Crippen LogP contribution in [-0.2, 0) is 0 Å². The number of aryl methyl sites for hydroxylation is 1. The van der Waals surface area contributed by atoms with Crippen molar-refractivity contribution in [1.29, 1.82) is 0 Å². The van der Waals surface area contributed by atoms with Gasteiger partial charge in [0, 0.05) is 5.54 Å². The molecule has 1 aromatic heterocycles. The van der Waals surface area contributed by atoms with Crippen LogP contribution in [0.2, 0.25) is 0 Å². The molecule has 2 nitrogen and oxygen atoms in total. The predicted octanol–water partition coefficient (Wildman–Crippen LogP) is 3.96. The highest BCUT2D eigenvalue weighted by atomic mass is 16.3. The molecule has 1 unspecified atom stereocenters. The van der Waals surface area contributed by atoms with E-state index in [0.29, 0.717) is 11.6 Å². The molecule has 1 N–H and O–H groups in total. The second-order valence-corrected chi connectivity index (χ2v) is 5.46. The summed E-state index contributed by atoms with van der Waals surface area (Å²) in [4.78, 5) is 0. The Morgan fingerprint density at radius 1 is 1.31 bits per heavy atom. The SMILES string of the molecule is Cc1ccoc1C(C)NC1(C)CCCCC1. The lowest BCUT2D eigenvalue weighted by atomic mass is 9.82. The molecule has 1 fully saturated rings. The monoisotopic (exact) mass is 221 g/mol. The van der Waals surface area contributed by atoms with Crippen molar-refractivity contribution in [2.75, 3.05) is 0 Å². The van der Waals surface area contributed by atoms with Crippen LogP contribution in [0.1, 0.15) is 63.3 Å². The van der Waals surface area contributed by atoms with Crippen LogP contribution in [0.4, 0.5) is 0 Å². The van der Waals surface area contributed by atoms with E-state index >= 15 is 0 Å². The molecule has 0 spiro atoms. The van der Waals surface area contributed by atoms with Gasteiger partial charge in [-0.05, 0) is 45.2 Å². The Morgan fingerprint density at radius 2 is 2.00 bits per heavy atom. The van der Waals surface area contributed by atoms with Crippen molar-refractivity contribution in [3.8, 4) is 0 Å². The van der Waals surface area contributed by atoms with Gasteiger partial charge in [0.05, 0.1) is 12.3 Å². The molecular formula is C14H23NO. The van der Waals surface area contributed by atoms with E-state index in [9.17, 15) is 0 Å². The normalized spacial score (nSPS) is 21.9. The Labute approximate surface area is 98.4 Å². The Morgan fingerprint density at radius 3 is 2.56 bits per heavy atom. The van der Waals surface area contributed by atoms with Crippen LogP contribution in [0.5, 0.6) is 0 Å². The topological polar surface area (TPSA) is 25.2 Å². The number of furan rings is 1. The highest BCUT2D eigenvalue weighted by Crippen LogP contribution is 2.31. The number of hydrogen-bond acceptors (Lipinski definition) is 2. The maximum Gasteiger partial charge on any atom is 0.123 e. The maximum atomic E-state index is 5.55. The molecule has 2 rings (SSSR count). The summed E-state index contributed by atoms with van der Waals surface area (Å²) in [6, 6.07) is 2.36. The standard InChI is InChI=1S/C14H23NO/c1-11-7-10-16-13(11)12(2)15-14(3)8-5-4-6-9-14/h7,10,12,15H,4-6,8-9H2,1-3H3. The second-order valence-electron chi connectivity index (χ2n) is 5.46. The zero-order valence-electron chi connectivity index (χ0n) is 10.7. The maximum absolute atomic E-state index is 5.55. The van der Waals surface area contributed by atoms with E-state index in [1.54, 1.807) is 6.26 Å². The third-order valence-electron chi connectivity index (χ3n) is 3.82. The van der Waals surface area contributed by atoms with Crippen LogP contribution >= 0.6 is 0 Å². The van der Waals surface area contributed by atoms with E-state index in [1.807, 2.05) is 6.07 Å². The van der Waals surface area contributed by atoms with Gasteiger partial charge in [0.1, 0.15) is 5.76 Å². The van der Waals surface area contributed by atoms with Crippen molar-refractivity contribution >= 4 is 0 Å². The Bertz CT molecular complexity index is 336. The summed E-state index contributed by atoms with van der Waals surface area (Å²) in [5.74, 6) is 1.09. The van der Waals surface area contributed by atoms with E-state index in [1.165, 1.54) is 37.7 Å². The van der Waals surface area contributed by atoms with Gasteiger partial charge in [0.25, 0.3) is 0 Å². The highest BCUT2D eigenvalue weighted by Gasteiger charge is 2.29. The van der Waals surface area contributed by atoms with Gasteiger partial charge in [0.2, 0.25) is 0 Å². The lowest BCUT2D eigenvalue weighted by Crippen LogP contribution is -2.45. The van der Waals surface area contributed by atoms with Crippen LogP contribution < -0.4 is 5.32 Å². The summed E-state index contributed by atoms with van der Waals surface area (Å²) in [5, 5.41) is 3.74. The molecule has 1 aromatic rings. The Kier molecular flexibility index (Phi) is 3.38. The highest BCUT2D eigenvalue weighted by molar-refractivity contribution is 5.18. The lowest BCUT2D eigenvalue weighted by Gasteiger charge is -2.37. The van der Waals surface area contributed by atoms with Crippen LogP contribution in [0, 0.1) is 6.92 Å². The average molecular weight is 221 g/mol. The quantitative estimate of drug-likeness (QED) is 0.835. The first-order chi connectivity index (χ1) is 7.61. The molecule has 1 heterocycles. The molecule has 0 aliphatic heterocycles. The van der Waals surface area contributed by atoms with Crippen LogP contribution in [0.3, 0.4) is 0 Å². The third kappa shape index (κ3) is 2.49. The molecule has 2 heteroatoms. The fourth-order valence-corrected chi connectivity index (χ4v) is 2.89. The van der Waals surface area contributed by atoms with Gasteiger partial charge in [0.15, 0.2) is 0 Å². The zero-order chi connectivity index (χ0) is 11.6. The smallest absolute Gasteiger partial charge is 0.123 e. The van der Waals surface area contributed by atoms with E-state index in [2.05, 4.69) is 26.1 Å². The first-order valence-corrected chi connectivity index (χ1v) is 6.42. The van der Waals surface area contributed by atoms with Crippen molar-refractivity contribution in [1.82, 2.24) is 5.32 Å². The molecule has 1 aliphatic rings. The molecule has 1 atom stereocenters. The summed E-state index contributed by atoms with van der Waals surface area (Å²) in [5.41, 5.74) is 1.55. The third-order valence-corrected chi connectivity index (χ3v) is 3.82. The molecular weight excluding hydrogens is 198 g/mol. The molecule has 1 aliphatic carbocycles. The van der Waals surface area contributed by atoms with E-state index in [0.717, 1.165) is 5.76 Å². The van der Waals surface area contributed by atoms with Crippen LogP contribution in [0.25, 0.3) is 0 Å². The first-order valence-electron chi connectivity index (χ1n) is 6.42. The molecule has 0 saturated heterocycles. The molecule has 0 aromatic carbocycles. The van der Waals surface area contributed by atoms with Gasteiger partial charge < -0.3 is 9.73 Å². The molecule has 16 heavy (non-hydrogen) atoms. The number of rotatable bonds is 3. The molecule has 90 valence electrons. The Hall–Kier alpha value is -0.760. The predicted molar refractivity (Wildman–Crippen MR) is 66.5 cm³/mol. The number of nitrogens with one attached hydrogen (secondary N) is 1. The van der Waals surface area contributed by atoms with Gasteiger partial charge in [-0.1, -0.05) is 19.3 Å². The zero-order valence-corrected chi connectivity index (χ0v) is 10.7. The van der Waals surface area contributed by atoms with E-state index in [4.69, 9.17) is 4.42 Å². The Balaban J connectivity index is 2.01. The fourth-order valence-electron chi connectivity index (χ4n) is 2.89. The van der Waals surface area contributed by atoms with Crippen molar-refractivity contribution in [2.24, 2.45) is 0 Å². The first kappa shape index (κ1) is 11.7. The van der Waals surface area contributed by atoms with Gasteiger partial charge in [-0.2, -0.15) is 0 Å². The minimum absolute atomic E-state index is 0.302. The summed E-state index contributed by atoms with van der Waals surface area (Å²) in [6.45, 7) is 6.66. The lowest BCUT2D eigenvalue weighted by molar-refractivity contribution is 0.222. The van der Waals surface area contributed by atoms with E-state index < -0.39 is 0 Å². The summed E-state index contributed by atoms with van der Waals surface area (Å²) in [6.07, 6.45) is 8.46. The van der Waals surface area contributed by atoms with Gasteiger partial charge in [-0.25, -0.2) is 0 Å². The van der Waals surface area contributed by atoms with Crippen molar-refractivity contribution in [3.05, 3.63) is 23.7 Å². The van der Waals surface area contributed by atoms with Gasteiger partial charge >= 0.3 is 0 Å². The molecule has 0 amide bonds. The molecule has 1 saturated carbocycles. The summed E-state index contributed by atoms with van der Waals surface area (Å²) >= 11 is 0. The minimum Gasteiger partial charge on any atom is -0.467 e. The van der Waals surface area contributed by atoms with Crippen molar-refractivity contribution in [3.63, 3.8) is 0 Å². The minimum atomic E-state index is 0.302. The van der Waals surface area contributed by atoms with Gasteiger partial charge in [-0.15, -0.1) is 0 Å². The molecule has 0 bridgehead atoms. The van der Waals surface area contributed by atoms with Crippen LogP contribution in [-0.4, -0.2) is 5.54 Å². The van der Waals surface area contributed by atoms with E-state index in [-0.39, 0.29) is 0 Å². The second kappa shape index (κ2) is 4.62. The van der Waals surface area contributed by atoms with Crippen molar-refractivity contribution in [2.45, 2.75) is 64.5 Å². The fraction of sp³-hybridized carbons (Fsp3) is 0.714.